The summed E-state index contributed by atoms with van der Waals surface area (Å²) in [6.07, 6.45) is 7.39. The molecule has 0 amide bonds. The van der Waals surface area contributed by atoms with E-state index in [0.717, 1.165) is 36.8 Å². The molecule has 0 bridgehead atoms. The predicted molar refractivity (Wildman–Crippen MR) is 96.0 cm³/mol. The Morgan fingerprint density at radius 3 is 2.72 bits per heavy atom. The topological polar surface area (TPSA) is 64.4 Å². The lowest BCUT2D eigenvalue weighted by Gasteiger charge is -2.29. The molecule has 1 atom stereocenters. The van der Waals surface area contributed by atoms with Crippen LogP contribution in [0, 0.1) is 6.92 Å². The van der Waals surface area contributed by atoms with Gasteiger partial charge < -0.3 is 4.74 Å². The zero-order valence-electron chi connectivity index (χ0n) is 15.0. The lowest BCUT2D eigenvalue weighted by molar-refractivity contribution is 0.325. The number of rotatable bonds is 4. The molecule has 6 nitrogen and oxygen atoms in total. The molecule has 1 aliphatic rings. The first-order valence-corrected chi connectivity index (χ1v) is 10.0. The zero-order chi connectivity index (χ0) is 18.0. The van der Waals surface area contributed by atoms with E-state index in [1.165, 1.54) is 7.11 Å². The smallest absolute Gasteiger partial charge is 0.247 e. The SMILES string of the molecule is COc1ccc(C)cc1S(=O)(=O)N1CCCCC[C@@H]1c1cnn(C)c1. The highest BCUT2D eigenvalue weighted by molar-refractivity contribution is 7.89. The molecule has 0 aliphatic carbocycles. The van der Waals surface area contributed by atoms with Gasteiger partial charge in [0.15, 0.2) is 0 Å². The summed E-state index contributed by atoms with van der Waals surface area (Å²) >= 11 is 0. The Balaban J connectivity index is 2.08. The van der Waals surface area contributed by atoms with E-state index < -0.39 is 10.0 Å². The van der Waals surface area contributed by atoms with E-state index in [1.807, 2.05) is 26.2 Å². The highest BCUT2D eigenvalue weighted by Crippen LogP contribution is 2.37. The van der Waals surface area contributed by atoms with Gasteiger partial charge in [0.2, 0.25) is 10.0 Å². The molecule has 0 unspecified atom stereocenters. The van der Waals surface area contributed by atoms with Crippen molar-refractivity contribution in [2.24, 2.45) is 7.05 Å². The highest BCUT2D eigenvalue weighted by Gasteiger charge is 2.35. The van der Waals surface area contributed by atoms with Gasteiger partial charge in [-0.3, -0.25) is 4.68 Å². The van der Waals surface area contributed by atoms with Crippen molar-refractivity contribution in [3.05, 3.63) is 41.7 Å². The van der Waals surface area contributed by atoms with Gasteiger partial charge in [-0.25, -0.2) is 8.42 Å². The first-order chi connectivity index (χ1) is 11.9. The minimum Gasteiger partial charge on any atom is -0.495 e. The molecule has 1 aliphatic heterocycles. The fourth-order valence-electron chi connectivity index (χ4n) is 3.43. The Labute approximate surface area is 149 Å². The van der Waals surface area contributed by atoms with Crippen LogP contribution in [-0.2, 0) is 17.1 Å². The van der Waals surface area contributed by atoms with Crippen molar-refractivity contribution in [2.75, 3.05) is 13.7 Å². The molecular formula is C18H25N3O3S. The van der Waals surface area contributed by atoms with E-state index in [-0.39, 0.29) is 10.9 Å². The molecule has 1 aromatic heterocycles. The molecule has 0 saturated carbocycles. The van der Waals surface area contributed by atoms with Crippen LogP contribution in [0.25, 0.3) is 0 Å². The van der Waals surface area contributed by atoms with Crippen molar-refractivity contribution >= 4 is 10.0 Å². The normalized spacial score (nSPS) is 19.6. The summed E-state index contributed by atoms with van der Waals surface area (Å²) < 4.78 is 35.6. The molecule has 0 N–H and O–H groups in total. The van der Waals surface area contributed by atoms with Crippen molar-refractivity contribution < 1.29 is 13.2 Å². The van der Waals surface area contributed by atoms with Crippen molar-refractivity contribution in [3.8, 4) is 5.75 Å². The Morgan fingerprint density at radius 2 is 2.04 bits per heavy atom. The van der Waals surface area contributed by atoms with Gasteiger partial charge in [0.05, 0.1) is 19.3 Å². The van der Waals surface area contributed by atoms with Crippen LogP contribution < -0.4 is 4.74 Å². The first kappa shape index (κ1) is 17.9. The van der Waals surface area contributed by atoms with Crippen LogP contribution in [0.3, 0.4) is 0 Å². The molecule has 1 saturated heterocycles. The zero-order valence-corrected chi connectivity index (χ0v) is 15.8. The third kappa shape index (κ3) is 3.57. The van der Waals surface area contributed by atoms with Gasteiger partial charge in [0.25, 0.3) is 0 Å². The highest BCUT2D eigenvalue weighted by atomic mass is 32.2. The van der Waals surface area contributed by atoms with E-state index >= 15 is 0 Å². The number of hydrogen-bond donors (Lipinski definition) is 0. The molecule has 1 fully saturated rings. The predicted octanol–water partition coefficient (Wildman–Crippen LogP) is 3.04. The van der Waals surface area contributed by atoms with Gasteiger partial charge in [0.1, 0.15) is 10.6 Å². The summed E-state index contributed by atoms with van der Waals surface area (Å²) in [5, 5.41) is 4.23. The van der Waals surface area contributed by atoms with Crippen LogP contribution in [0.1, 0.15) is 42.9 Å². The van der Waals surface area contributed by atoms with Crippen LogP contribution in [0.15, 0.2) is 35.5 Å². The van der Waals surface area contributed by atoms with Crippen molar-refractivity contribution in [2.45, 2.75) is 43.5 Å². The number of benzene rings is 1. The van der Waals surface area contributed by atoms with Gasteiger partial charge in [-0.15, -0.1) is 0 Å². The van der Waals surface area contributed by atoms with Crippen LogP contribution in [0.2, 0.25) is 0 Å². The van der Waals surface area contributed by atoms with E-state index in [2.05, 4.69) is 5.10 Å². The quantitative estimate of drug-likeness (QED) is 0.837. The number of nitrogens with zero attached hydrogens (tertiary/aromatic N) is 3. The molecule has 7 heteroatoms. The van der Waals surface area contributed by atoms with Crippen LogP contribution in [-0.4, -0.2) is 36.2 Å². The number of aryl methyl sites for hydroxylation is 2. The average Bonchev–Trinajstić information content (AvgIpc) is 2.86. The fraction of sp³-hybridized carbons (Fsp3) is 0.500. The first-order valence-electron chi connectivity index (χ1n) is 8.58. The molecule has 2 aromatic rings. The van der Waals surface area contributed by atoms with Gasteiger partial charge in [0, 0.05) is 25.4 Å². The Hall–Kier alpha value is -1.86. The number of ether oxygens (including phenoxy) is 1. The molecule has 0 spiro atoms. The Kier molecular flexibility index (Phi) is 5.15. The summed E-state index contributed by atoms with van der Waals surface area (Å²) in [6.45, 7) is 2.40. The van der Waals surface area contributed by atoms with Gasteiger partial charge in [-0.05, 0) is 37.5 Å². The third-order valence-electron chi connectivity index (χ3n) is 4.72. The summed E-state index contributed by atoms with van der Waals surface area (Å²) in [6, 6.07) is 5.09. The Morgan fingerprint density at radius 1 is 1.24 bits per heavy atom. The van der Waals surface area contributed by atoms with Crippen LogP contribution >= 0.6 is 0 Å². The molecule has 25 heavy (non-hydrogen) atoms. The van der Waals surface area contributed by atoms with Crippen molar-refractivity contribution in [1.29, 1.82) is 0 Å². The minimum atomic E-state index is -3.67. The number of aromatic nitrogens is 2. The number of sulfonamides is 1. The average molecular weight is 363 g/mol. The summed E-state index contributed by atoms with van der Waals surface area (Å²) in [5.41, 5.74) is 1.84. The number of hydrogen-bond acceptors (Lipinski definition) is 4. The summed E-state index contributed by atoms with van der Waals surface area (Å²) in [5.74, 6) is 0.389. The maximum Gasteiger partial charge on any atom is 0.247 e. The maximum absolute atomic E-state index is 13.5. The Bertz CT molecular complexity index is 845. The molecule has 1 aromatic carbocycles. The molecule has 3 rings (SSSR count). The lowest BCUT2D eigenvalue weighted by atomic mass is 10.1. The minimum absolute atomic E-state index is 0.189. The second kappa shape index (κ2) is 7.17. The fourth-order valence-corrected chi connectivity index (χ4v) is 5.35. The summed E-state index contributed by atoms with van der Waals surface area (Å²) in [7, 11) is -0.313. The summed E-state index contributed by atoms with van der Waals surface area (Å²) in [4.78, 5) is 0.241. The molecule has 2 heterocycles. The van der Waals surface area contributed by atoms with E-state index in [1.54, 1.807) is 27.3 Å². The number of methoxy groups -OCH3 is 1. The van der Waals surface area contributed by atoms with E-state index in [9.17, 15) is 8.42 Å². The second-order valence-corrected chi connectivity index (χ2v) is 8.44. The van der Waals surface area contributed by atoms with Crippen molar-refractivity contribution in [1.82, 2.24) is 14.1 Å². The van der Waals surface area contributed by atoms with Crippen LogP contribution in [0.4, 0.5) is 0 Å². The van der Waals surface area contributed by atoms with Gasteiger partial charge in [-0.2, -0.15) is 9.40 Å². The second-order valence-electron chi connectivity index (χ2n) is 6.58. The van der Waals surface area contributed by atoms with Crippen LogP contribution in [0.5, 0.6) is 5.75 Å². The standard InChI is InChI=1S/C18H25N3O3S/c1-14-8-9-17(24-3)18(11-14)25(22,23)21-10-6-4-5-7-16(21)15-12-19-20(2)13-15/h8-9,11-13,16H,4-7,10H2,1-3H3/t16-/m1/s1. The third-order valence-corrected chi connectivity index (χ3v) is 6.65. The van der Waals surface area contributed by atoms with Gasteiger partial charge in [-0.1, -0.05) is 18.9 Å². The molecular weight excluding hydrogens is 338 g/mol. The van der Waals surface area contributed by atoms with E-state index in [4.69, 9.17) is 4.74 Å². The monoisotopic (exact) mass is 363 g/mol. The van der Waals surface area contributed by atoms with E-state index in [0.29, 0.717) is 12.3 Å². The molecule has 0 radical (unpaired) electrons. The van der Waals surface area contributed by atoms with Gasteiger partial charge >= 0.3 is 0 Å². The van der Waals surface area contributed by atoms with Crippen molar-refractivity contribution in [3.63, 3.8) is 0 Å². The molecule has 136 valence electrons. The largest absolute Gasteiger partial charge is 0.495 e. The maximum atomic E-state index is 13.5. The lowest BCUT2D eigenvalue weighted by Crippen LogP contribution is -2.35.